The van der Waals surface area contributed by atoms with E-state index < -0.39 is 12.0 Å². The van der Waals surface area contributed by atoms with Gasteiger partial charge in [-0.2, -0.15) is 0 Å². The lowest BCUT2D eigenvalue weighted by molar-refractivity contribution is -0.144. The van der Waals surface area contributed by atoms with Crippen molar-refractivity contribution in [1.29, 1.82) is 0 Å². The third kappa shape index (κ3) is 3.81. The number of amides is 1. The molecule has 1 atom stereocenters. The lowest BCUT2D eigenvalue weighted by Gasteiger charge is -2.25. The second kappa shape index (κ2) is 6.48. The molecular weight excluding hydrogens is 208 g/mol. The minimum Gasteiger partial charge on any atom is -0.480 e. The van der Waals surface area contributed by atoms with Gasteiger partial charge in [0.25, 0.3) is 0 Å². The topological polar surface area (TPSA) is 69.6 Å². The van der Waals surface area contributed by atoms with Crippen LogP contribution in [-0.2, 0) is 9.59 Å². The van der Waals surface area contributed by atoms with Gasteiger partial charge >= 0.3 is 5.97 Å². The van der Waals surface area contributed by atoms with Gasteiger partial charge in [0.1, 0.15) is 6.04 Å². The predicted octanol–water partition coefficient (Wildman–Crippen LogP) is 0.452. The van der Waals surface area contributed by atoms with E-state index in [4.69, 9.17) is 5.11 Å². The highest BCUT2D eigenvalue weighted by Gasteiger charge is 2.28. The molecule has 0 aromatic rings. The lowest BCUT2D eigenvalue weighted by Crippen LogP contribution is -2.46. The first kappa shape index (κ1) is 13.0. The van der Waals surface area contributed by atoms with Gasteiger partial charge in [-0.15, -0.1) is 0 Å². The summed E-state index contributed by atoms with van der Waals surface area (Å²) in [4.78, 5) is 24.3. The molecule has 1 unspecified atom stereocenters. The summed E-state index contributed by atoms with van der Waals surface area (Å²) in [6.45, 7) is 3.35. The van der Waals surface area contributed by atoms with Gasteiger partial charge in [-0.1, -0.05) is 12.8 Å². The summed E-state index contributed by atoms with van der Waals surface area (Å²) in [6.07, 6.45) is 3.61. The monoisotopic (exact) mass is 228 g/mol. The lowest BCUT2D eigenvalue weighted by atomic mass is 10.1. The number of carbonyl (C=O) groups excluding carboxylic acids is 1. The number of hydrogen-bond donors (Lipinski definition) is 2. The molecule has 0 radical (unpaired) electrons. The van der Waals surface area contributed by atoms with Crippen LogP contribution in [0.5, 0.6) is 0 Å². The molecular formula is C11H20N2O3. The van der Waals surface area contributed by atoms with Crippen LogP contribution in [0.15, 0.2) is 0 Å². The third-order valence-electron chi connectivity index (χ3n) is 2.87. The van der Waals surface area contributed by atoms with E-state index in [1.165, 1.54) is 0 Å². The van der Waals surface area contributed by atoms with Gasteiger partial charge < -0.3 is 10.4 Å². The Kier molecular flexibility index (Phi) is 5.25. The standard InChI is InChI=1S/C11H20N2O3/c1-2-12-10(14)8-13-7-5-3-4-6-9(13)11(15)16/h9H,2-8H2,1H3,(H,12,14)(H,15,16). The van der Waals surface area contributed by atoms with Crippen molar-refractivity contribution in [3.8, 4) is 0 Å². The molecule has 0 aromatic carbocycles. The molecule has 1 aliphatic rings. The number of carboxylic acids is 1. The zero-order valence-corrected chi connectivity index (χ0v) is 9.74. The molecule has 0 aliphatic carbocycles. The summed E-state index contributed by atoms with van der Waals surface area (Å²) in [5.41, 5.74) is 0. The van der Waals surface area contributed by atoms with Crippen LogP contribution in [0.1, 0.15) is 32.6 Å². The van der Waals surface area contributed by atoms with Crippen LogP contribution in [0.3, 0.4) is 0 Å². The number of likely N-dealkylation sites (N-methyl/N-ethyl adjacent to an activating group) is 1. The Labute approximate surface area is 95.8 Å². The summed E-state index contributed by atoms with van der Waals surface area (Å²) in [7, 11) is 0. The van der Waals surface area contributed by atoms with Crippen molar-refractivity contribution in [3.05, 3.63) is 0 Å². The van der Waals surface area contributed by atoms with Crippen molar-refractivity contribution < 1.29 is 14.7 Å². The van der Waals surface area contributed by atoms with E-state index in [9.17, 15) is 9.59 Å². The van der Waals surface area contributed by atoms with Gasteiger partial charge in [-0.3, -0.25) is 14.5 Å². The maximum atomic E-state index is 11.4. The van der Waals surface area contributed by atoms with Crippen molar-refractivity contribution in [2.75, 3.05) is 19.6 Å². The average molecular weight is 228 g/mol. The van der Waals surface area contributed by atoms with E-state index in [0.717, 1.165) is 19.3 Å². The number of carboxylic acid groups (broad SMARTS) is 1. The Morgan fingerprint density at radius 1 is 1.38 bits per heavy atom. The summed E-state index contributed by atoms with van der Waals surface area (Å²) >= 11 is 0. The number of hydrogen-bond acceptors (Lipinski definition) is 3. The van der Waals surface area contributed by atoms with E-state index in [-0.39, 0.29) is 12.5 Å². The smallest absolute Gasteiger partial charge is 0.320 e. The molecule has 5 heteroatoms. The van der Waals surface area contributed by atoms with E-state index in [0.29, 0.717) is 19.5 Å². The van der Waals surface area contributed by atoms with Crippen molar-refractivity contribution in [1.82, 2.24) is 10.2 Å². The van der Waals surface area contributed by atoms with Crippen molar-refractivity contribution in [3.63, 3.8) is 0 Å². The molecule has 1 aliphatic heterocycles. The number of nitrogens with zero attached hydrogens (tertiary/aromatic N) is 1. The predicted molar refractivity (Wildman–Crippen MR) is 60.1 cm³/mol. The molecule has 1 heterocycles. The molecule has 0 saturated carbocycles. The maximum Gasteiger partial charge on any atom is 0.320 e. The molecule has 2 N–H and O–H groups in total. The molecule has 92 valence electrons. The van der Waals surface area contributed by atoms with Crippen LogP contribution in [0.25, 0.3) is 0 Å². The van der Waals surface area contributed by atoms with Gasteiger partial charge in [0.05, 0.1) is 6.54 Å². The van der Waals surface area contributed by atoms with E-state index in [2.05, 4.69) is 5.32 Å². The molecule has 0 aromatic heterocycles. The van der Waals surface area contributed by atoms with E-state index in [1.807, 2.05) is 6.92 Å². The highest BCUT2D eigenvalue weighted by Crippen LogP contribution is 2.16. The van der Waals surface area contributed by atoms with Crippen molar-refractivity contribution >= 4 is 11.9 Å². The number of aliphatic carboxylic acids is 1. The van der Waals surface area contributed by atoms with Crippen LogP contribution < -0.4 is 5.32 Å². The molecule has 1 saturated heterocycles. The van der Waals surface area contributed by atoms with Gasteiger partial charge in [0.15, 0.2) is 0 Å². The molecule has 1 fully saturated rings. The zero-order valence-electron chi connectivity index (χ0n) is 9.74. The Morgan fingerprint density at radius 2 is 2.12 bits per heavy atom. The second-order valence-electron chi connectivity index (χ2n) is 4.13. The largest absolute Gasteiger partial charge is 0.480 e. The van der Waals surface area contributed by atoms with E-state index in [1.54, 1.807) is 4.90 Å². The first-order chi connectivity index (χ1) is 7.65. The molecule has 16 heavy (non-hydrogen) atoms. The number of nitrogens with one attached hydrogen (secondary N) is 1. The zero-order chi connectivity index (χ0) is 12.0. The van der Waals surface area contributed by atoms with Crippen molar-refractivity contribution in [2.45, 2.75) is 38.6 Å². The van der Waals surface area contributed by atoms with Crippen LogP contribution in [0, 0.1) is 0 Å². The quantitative estimate of drug-likeness (QED) is 0.733. The molecule has 5 nitrogen and oxygen atoms in total. The molecule has 1 rings (SSSR count). The number of likely N-dealkylation sites (tertiary alicyclic amines) is 1. The van der Waals surface area contributed by atoms with Gasteiger partial charge in [0.2, 0.25) is 5.91 Å². The van der Waals surface area contributed by atoms with Crippen molar-refractivity contribution in [2.24, 2.45) is 0 Å². The minimum atomic E-state index is -0.814. The summed E-state index contributed by atoms with van der Waals surface area (Å²) in [5.74, 6) is -0.901. The maximum absolute atomic E-state index is 11.4. The van der Waals surface area contributed by atoms with Gasteiger partial charge in [0, 0.05) is 6.54 Å². The summed E-state index contributed by atoms with van der Waals surface area (Å²) in [5, 5.41) is 11.8. The van der Waals surface area contributed by atoms with Crippen LogP contribution >= 0.6 is 0 Å². The SMILES string of the molecule is CCNC(=O)CN1CCCCCC1C(=O)O. The Hall–Kier alpha value is -1.10. The fourth-order valence-electron chi connectivity index (χ4n) is 2.07. The minimum absolute atomic E-state index is 0.0874. The fourth-order valence-corrected chi connectivity index (χ4v) is 2.07. The van der Waals surface area contributed by atoms with Crippen LogP contribution in [-0.4, -0.2) is 47.6 Å². The molecule has 0 spiro atoms. The highest BCUT2D eigenvalue weighted by molar-refractivity contribution is 5.79. The Balaban J connectivity index is 2.57. The highest BCUT2D eigenvalue weighted by atomic mass is 16.4. The molecule has 1 amide bonds. The normalized spacial score (nSPS) is 22.4. The molecule has 0 bridgehead atoms. The van der Waals surface area contributed by atoms with Gasteiger partial charge in [-0.25, -0.2) is 0 Å². The average Bonchev–Trinajstić information content (AvgIpc) is 2.43. The first-order valence-corrected chi connectivity index (χ1v) is 5.88. The number of rotatable bonds is 4. The van der Waals surface area contributed by atoms with Crippen LogP contribution in [0.4, 0.5) is 0 Å². The second-order valence-corrected chi connectivity index (χ2v) is 4.13. The first-order valence-electron chi connectivity index (χ1n) is 5.88. The summed E-state index contributed by atoms with van der Waals surface area (Å²) < 4.78 is 0. The Morgan fingerprint density at radius 3 is 2.75 bits per heavy atom. The number of carbonyl (C=O) groups is 2. The van der Waals surface area contributed by atoms with Crippen LogP contribution in [0.2, 0.25) is 0 Å². The third-order valence-corrected chi connectivity index (χ3v) is 2.87. The Bertz CT molecular complexity index is 256. The summed E-state index contributed by atoms with van der Waals surface area (Å²) in [6, 6.07) is -0.495. The van der Waals surface area contributed by atoms with Gasteiger partial charge in [-0.05, 0) is 26.3 Å². The van der Waals surface area contributed by atoms with E-state index >= 15 is 0 Å². The fraction of sp³-hybridized carbons (Fsp3) is 0.818.